The Bertz CT molecular complexity index is 1150. The molecule has 3 aromatic rings. The molecule has 0 aliphatic rings. The van der Waals surface area contributed by atoms with Crippen LogP contribution in [0.3, 0.4) is 0 Å². The quantitative estimate of drug-likeness (QED) is 0.263. The van der Waals surface area contributed by atoms with Gasteiger partial charge in [-0.2, -0.15) is 5.10 Å². The van der Waals surface area contributed by atoms with Gasteiger partial charge in [-0.1, -0.05) is 36.2 Å². The van der Waals surface area contributed by atoms with Crippen molar-refractivity contribution < 1.29 is 9.53 Å². The van der Waals surface area contributed by atoms with E-state index in [9.17, 15) is 4.79 Å². The van der Waals surface area contributed by atoms with Crippen LogP contribution in [-0.4, -0.2) is 28.0 Å². The average Bonchev–Trinajstić information content (AvgIpc) is 3.22. The summed E-state index contributed by atoms with van der Waals surface area (Å²) in [6, 6.07) is 5.45. The van der Waals surface area contributed by atoms with Crippen molar-refractivity contribution in [3.63, 3.8) is 0 Å². The van der Waals surface area contributed by atoms with Crippen LogP contribution in [0.5, 0.6) is 0 Å². The highest BCUT2D eigenvalue weighted by Gasteiger charge is 2.22. The Balaban J connectivity index is 1.74. The number of benzene rings is 1. The Morgan fingerprint density at radius 3 is 2.71 bits per heavy atom. The van der Waals surface area contributed by atoms with Gasteiger partial charge in [0.2, 0.25) is 0 Å². The fourth-order valence-electron chi connectivity index (χ4n) is 3.04. The van der Waals surface area contributed by atoms with Gasteiger partial charge >= 0.3 is 5.97 Å². The average molecular weight is 562 g/mol. The molecule has 2 N–H and O–H groups in total. The number of nitrogens with one attached hydrogen (secondary N) is 2. The highest BCUT2D eigenvalue weighted by atomic mass is 79.9. The number of anilines is 2. The second-order valence-corrected chi connectivity index (χ2v) is 9.84. The topological polar surface area (TPSA) is 68.2 Å². The second kappa shape index (κ2) is 10.3. The van der Waals surface area contributed by atoms with Crippen molar-refractivity contribution in [2.24, 2.45) is 0 Å². The van der Waals surface area contributed by atoms with Gasteiger partial charge in [-0.05, 0) is 64.8 Å². The largest absolute Gasteiger partial charge is 0.465 e. The summed E-state index contributed by atoms with van der Waals surface area (Å²) in [5, 5.41) is 12.6. The minimum absolute atomic E-state index is 0.314. The van der Waals surface area contributed by atoms with Gasteiger partial charge in [-0.15, -0.1) is 11.3 Å². The normalized spacial score (nSPS) is 10.8. The monoisotopic (exact) mass is 560 g/mol. The van der Waals surface area contributed by atoms with E-state index in [4.69, 9.17) is 40.2 Å². The number of hydrogen-bond acceptors (Lipinski definition) is 5. The van der Waals surface area contributed by atoms with Gasteiger partial charge in [0, 0.05) is 11.1 Å². The minimum Gasteiger partial charge on any atom is -0.465 e. The van der Waals surface area contributed by atoms with Crippen molar-refractivity contribution in [3.05, 3.63) is 60.5 Å². The number of hydrogen-bond donors (Lipinski definition) is 2. The predicted molar refractivity (Wildman–Crippen MR) is 135 cm³/mol. The number of carbonyl (C=O) groups is 1. The molecule has 0 saturated carbocycles. The van der Waals surface area contributed by atoms with E-state index in [1.165, 1.54) is 18.4 Å². The Hall–Kier alpha value is -1.65. The third kappa shape index (κ3) is 5.59. The standard InChI is InChI=1S/C20H19BrCl2N4O2S2/c1-4-12-10(2)31-18(16(12)19(28)29-3)25-20(30)24-17-13(21)9-27(26-17)8-11-5-6-14(22)15(23)7-11/h5-7,9H,4,8H2,1-3H3,(H2,24,25,26,30). The van der Waals surface area contributed by atoms with Crippen LogP contribution in [0, 0.1) is 6.92 Å². The third-order valence-electron chi connectivity index (χ3n) is 4.46. The summed E-state index contributed by atoms with van der Waals surface area (Å²) >= 11 is 22.5. The molecule has 0 spiro atoms. The zero-order chi connectivity index (χ0) is 22.7. The summed E-state index contributed by atoms with van der Waals surface area (Å²) in [5.41, 5.74) is 2.43. The lowest BCUT2D eigenvalue weighted by molar-refractivity contribution is 0.0601. The van der Waals surface area contributed by atoms with E-state index in [2.05, 4.69) is 31.7 Å². The molecule has 6 nitrogen and oxygen atoms in total. The number of esters is 1. The molecule has 0 radical (unpaired) electrons. The number of aryl methyl sites for hydroxylation is 1. The van der Waals surface area contributed by atoms with E-state index in [-0.39, 0.29) is 0 Å². The van der Waals surface area contributed by atoms with Crippen molar-refractivity contribution in [2.45, 2.75) is 26.8 Å². The maximum Gasteiger partial charge on any atom is 0.341 e. The molecule has 0 saturated heterocycles. The summed E-state index contributed by atoms with van der Waals surface area (Å²) in [6.07, 6.45) is 2.55. The second-order valence-electron chi connectivity index (χ2n) is 6.54. The molecule has 0 atom stereocenters. The Morgan fingerprint density at radius 1 is 1.32 bits per heavy atom. The van der Waals surface area contributed by atoms with Crippen molar-refractivity contribution >= 4 is 84.6 Å². The molecule has 0 unspecified atom stereocenters. The van der Waals surface area contributed by atoms with Crippen molar-refractivity contribution in [1.29, 1.82) is 0 Å². The number of halogens is 3. The first-order valence-electron chi connectivity index (χ1n) is 9.18. The van der Waals surface area contributed by atoms with Gasteiger partial charge in [0.1, 0.15) is 5.00 Å². The van der Waals surface area contributed by atoms with Gasteiger partial charge in [0.25, 0.3) is 0 Å². The summed E-state index contributed by atoms with van der Waals surface area (Å²) in [5.74, 6) is 0.153. The fourth-order valence-corrected chi connectivity index (χ4v) is 5.18. The molecule has 0 aliphatic carbocycles. The summed E-state index contributed by atoms with van der Waals surface area (Å²) in [4.78, 5) is 13.3. The van der Waals surface area contributed by atoms with Crippen LogP contribution >= 0.6 is 62.7 Å². The fraction of sp³-hybridized carbons (Fsp3) is 0.250. The zero-order valence-corrected chi connectivity index (χ0v) is 21.6. The smallest absolute Gasteiger partial charge is 0.341 e. The number of rotatable bonds is 6. The number of aromatic nitrogens is 2. The highest BCUT2D eigenvalue weighted by Crippen LogP contribution is 2.34. The van der Waals surface area contributed by atoms with Crippen LogP contribution < -0.4 is 10.6 Å². The van der Waals surface area contributed by atoms with Crippen LogP contribution in [-0.2, 0) is 17.7 Å². The van der Waals surface area contributed by atoms with E-state index >= 15 is 0 Å². The van der Waals surface area contributed by atoms with Gasteiger partial charge in [-0.3, -0.25) is 4.68 Å². The van der Waals surface area contributed by atoms with Crippen molar-refractivity contribution in [1.82, 2.24) is 9.78 Å². The van der Waals surface area contributed by atoms with E-state index in [1.54, 1.807) is 16.8 Å². The first-order valence-corrected chi connectivity index (χ1v) is 12.0. The molecular formula is C20H19BrCl2N4O2S2. The first-order chi connectivity index (χ1) is 14.7. The maximum atomic E-state index is 12.3. The first kappa shape index (κ1) is 24.0. The van der Waals surface area contributed by atoms with E-state index in [0.29, 0.717) is 38.1 Å². The third-order valence-corrected chi connectivity index (χ3v) is 7.04. The molecule has 3 rings (SSSR count). The van der Waals surface area contributed by atoms with Crippen LogP contribution in [0.4, 0.5) is 10.8 Å². The highest BCUT2D eigenvalue weighted by molar-refractivity contribution is 9.10. The Kier molecular flexibility index (Phi) is 7.98. The number of nitrogens with zero attached hydrogens (tertiary/aromatic N) is 2. The van der Waals surface area contributed by atoms with Crippen molar-refractivity contribution in [3.8, 4) is 0 Å². The molecule has 0 aliphatic heterocycles. The van der Waals surface area contributed by atoms with Crippen LogP contribution in [0.2, 0.25) is 10.0 Å². The minimum atomic E-state index is -0.390. The summed E-state index contributed by atoms with van der Waals surface area (Å²) in [7, 11) is 1.37. The molecular weight excluding hydrogens is 543 g/mol. The Labute approximate surface area is 208 Å². The van der Waals surface area contributed by atoms with Crippen LogP contribution in [0.1, 0.15) is 33.3 Å². The number of thiocarbonyl (C=S) groups is 1. The Morgan fingerprint density at radius 2 is 2.06 bits per heavy atom. The van der Waals surface area contributed by atoms with Gasteiger partial charge in [0.15, 0.2) is 10.9 Å². The number of ether oxygens (including phenoxy) is 1. The lowest BCUT2D eigenvalue weighted by Crippen LogP contribution is -2.21. The van der Waals surface area contributed by atoms with E-state index < -0.39 is 5.97 Å². The lowest BCUT2D eigenvalue weighted by Gasteiger charge is -2.10. The number of thiophene rings is 1. The maximum absolute atomic E-state index is 12.3. The molecule has 2 aromatic heterocycles. The molecule has 31 heavy (non-hydrogen) atoms. The molecule has 0 fully saturated rings. The number of carbonyl (C=O) groups excluding carboxylic acids is 1. The molecule has 11 heteroatoms. The molecule has 1 aromatic carbocycles. The van der Waals surface area contributed by atoms with Crippen LogP contribution in [0.25, 0.3) is 0 Å². The summed E-state index contributed by atoms with van der Waals surface area (Å²) < 4.78 is 7.44. The molecule has 164 valence electrons. The molecule has 0 amide bonds. The lowest BCUT2D eigenvalue weighted by atomic mass is 10.1. The molecule has 0 bridgehead atoms. The predicted octanol–water partition coefficient (Wildman–Crippen LogP) is 6.53. The van der Waals surface area contributed by atoms with E-state index in [0.717, 1.165) is 26.9 Å². The van der Waals surface area contributed by atoms with E-state index in [1.807, 2.05) is 26.1 Å². The zero-order valence-electron chi connectivity index (χ0n) is 16.9. The number of methoxy groups -OCH3 is 1. The van der Waals surface area contributed by atoms with Gasteiger partial charge < -0.3 is 15.4 Å². The summed E-state index contributed by atoms with van der Waals surface area (Å²) in [6.45, 7) is 4.48. The van der Waals surface area contributed by atoms with Gasteiger partial charge in [0.05, 0.1) is 33.7 Å². The molecule has 2 heterocycles. The van der Waals surface area contributed by atoms with Gasteiger partial charge in [-0.25, -0.2) is 4.79 Å². The van der Waals surface area contributed by atoms with Crippen LogP contribution in [0.15, 0.2) is 28.9 Å². The SMILES string of the molecule is CCc1c(C)sc(NC(=S)Nc2nn(Cc3ccc(Cl)c(Cl)c3)cc2Br)c1C(=O)OC. The van der Waals surface area contributed by atoms with Crippen molar-refractivity contribution in [2.75, 3.05) is 17.7 Å².